The molecule has 0 heterocycles. The van der Waals surface area contributed by atoms with E-state index in [2.05, 4.69) is 5.32 Å². The van der Waals surface area contributed by atoms with Crippen molar-refractivity contribution in [2.45, 2.75) is 12.5 Å². The lowest BCUT2D eigenvalue weighted by Crippen LogP contribution is -2.34. The Labute approximate surface area is 133 Å². The highest BCUT2D eigenvalue weighted by Gasteiger charge is 2.23. The van der Waals surface area contributed by atoms with Crippen LogP contribution in [0.1, 0.15) is 18.0 Å². The molecule has 1 rings (SSSR count). The van der Waals surface area contributed by atoms with Crippen LogP contribution in [-0.4, -0.2) is 51.0 Å². The molecule has 0 spiro atoms. The van der Waals surface area contributed by atoms with Crippen molar-refractivity contribution in [2.75, 3.05) is 34.0 Å². The number of hydrogen-bond acceptors (Lipinski definition) is 5. The van der Waals surface area contributed by atoms with Crippen LogP contribution in [0.3, 0.4) is 0 Å². The van der Waals surface area contributed by atoms with Crippen LogP contribution in [0.5, 0.6) is 5.75 Å². The number of methoxy groups -OCH3 is 2. The zero-order chi connectivity index (χ0) is 17.2. The maximum atomic E-state index is 13.7. The first-order chi connectivity index (χ1) is 11.0. The summed E-state index contributed by atoms with van der Waals surface area (Å²) in [6.45, 7) is 0.888. The van der Waals surface area contributed by atoms with Crippen LogP contribution in [0, 0.1) is 5.82 Å². The minimum Gasteiger partial charge on any atom is -0.494 e. The second-order valence-electron chi connectivity index (χ2n) is 4.59. The Morgan fingerprint density at radius 2 is 2.00 bits per heavy atom. The molecular formula is C15H20FNO6. The molecule has 8 heteroatoms. The van der Waals surface area contributed by atoms with Gasteiger partial charge in [0.1, 0.15) is 0 Å². The number of aliphatic carboxylic acids is 1. The smallest absolute Gasteiger partial charge is 0.330 e. The van der Waals surface area contributed by atoms with Gasteiger partial charge < -0.3 is 24.6 Å². The lowest BCUT2D eigenvalue weighted by atomic mass is 10.1. The average molecular weight is 329 g/mol. The van der Waals surface area contributed by atoms with Crippen LogP contribution in [0.25, 0.3) is 0 Å². The van der Waals surface area contributed by atoms with E-state index in [0.717, 1.165) is 6.07 Å². The van der Waals surface area contributed by atoms with Crippen molar-refractivity contribution in [3.05, 3.63) is 29.6 Å². The Morgan fingerprint density at radius 3 is 2.57 bits per heavy atom. The fourth-order valence-corrected chi connectivity index (χ4v) is 1.79. The molecule has 0 bridgehead atoms. The number of carbonyl (C=O) groups excluding carboxylic acids is 1. The fraction of sp³-hybridized carbons (Fsp3) is 0.467. The van der Waals surface area contributed by atoms with Crippen molar-refractivity contribution in [3.8, 4) is 5.75 Å². The Morgan fingerprint density at radius 1 is 1.26 bits per heavy atom. The van der Waals surface area contributed by atoms with Gasteiger partial charge in [0.15, 0.2) is 17.6 Å². The maximum absolute atomic E-state index is 13.7. The van der Waals surface area contributed by atoms with E-state index in [1.54, 1.807) is 0 Å². The van der Waals surface area contributed by atoms with Crippen LogP contribution < -0.4 is 10.1 Å². The van der Waals surface area contributed by atoms with Gasteiger partial charge in [0.25, 0.3) is 0 Å². The normalized spacial score (nSPS) is 11.8. The van der Waals surface area contributed by atoms with Gasteiger partial charge in [0.2, 0.25) is 5.91 Å². The third-order valence-electron chi connectivity index (χ3n) is 2.97. The highest BCUT2D eigenvalue weighted by atomic mass is 19.1. The van der Waals surface area contributed by atoms with Gasteiger partial charge in [-0.3, -0.25) is 4.79 Å². The van der Waals surface area contributed by atoms with Gasteiger partial charge in [-0.05, 0) is 17.7 Å². The molecule has 1 unspecified atom stereocenters. The number of hydrogen-bond donors (Lipinski definition) is 2. The number of rotatable bonds is 10. The summed E-state index contributed by atoms with van der Waals surface area (Å²) in [5.74, 6) is -2.50. The van der Waals surface area contributed by atoms with Crippen LogP contribution in [0.15, 0.2) is 18.2 Å². The second kappa shape index (κ2) is 9.75. The molecule has 2 N–H and O–H groups in total. The Hall–Kier alpha value is -2.19. The van der Waals surface area contributed by atoms with Crippen LogP contribution in [0.2, 0.25) is 0 Å². The minimum absolute atomic E-state index is 0.00393. The van der Waals surface area contributed by atoms with E-state index in [4.69, 9.17) is 14.2 Å². The predicted octanol–water partition coefficient (Wildman–Crippen LogP) is 1.13. The number of carboxylic acids is 1. The number of amides is 1. The van der Waals surface area contributed by atoms with Crippen LogP contribution >= 0.6 is 0 Å². The average Bonchev–Trinajstić information content (AvgIpc) is 2.52. The molecule has 1 atom stereocenters. The Balaban J connectivity index is 2.63. The van der Waals surface area contributed by atoms with Gasteiger partial charge in [-0.2, -0.15) is 0 Å². The summed E-state index contributed by atoms with van der Waals surface area (Å²) in [5, 5.41) is 11.5. The van der Waals surface area contributed by atoms with E-state index in [-0.39, 0.29) is 24.3 Å². The first kappa shape index (κ1) is 18.9. The summed E-state index contributed by atoms with van der Waals surface area (Å²) in [6, 6.07) is 2.37. The fourth-order valence-electron chi connectivity index (χ4n) is 1.79. The molecular weight excluding hydrogens is 309 g/mol. The summed E-state index contributed by atoms with van der Waals surface area (Å²) < 4.78 is 28.4. The molecule has 128 valence electrons. The van der Waals surface area contributed by atoms with Gasteiger partial charge in [0, 0.05) is 13.5 Å². The highest BCUT2D eigenvalue weighted by molar-refractivity contribution is 5.84. The van der Waals surface area contributed by atoms with Gasteiger partial charge >= 0.3 is 5.97 Å². The van der Waals surface area contributed by atoms with E-state index in [0.29, 0.717) is 13.2 Å². The molecule has 0 fully saturated rings. The monoisotopic (exact) mass is 329 g/mol. The third kappa shape index (κ3) is 6.21. The van der Waals surface area contributed by atoms with Crippen LogP contribution in [-0.2, 0) is 19.1 Å². The third-order valence-corrected chi connectivity index (χ3v) is 2.97. The molecule has 23 heavy (non-hydrogen) atoms. The summed E-state index contributed by atoms with van der Waals surface area (Å²) in [4.78, 5) is 23.1. The summed E-state index contributed by atoms with van der Waals surface area (Å²) in [6.07, 6.45) is -0.00781. The minimum atomic E-state index is -1.35. The molecule has 1 aromatic carbocycles. The maximum Gasteiger partial charge on any atom is 0.330 e. The molecule has 0 saturated heterocycles. The van der Waals surface area contributed by atoms with Crippen molar-refractivity contribution in [3.63, 3.8) is 0 Å². The molecule has 0 aliphatic carbocycles. The Bertz CT molecular complexity index is 537. The first-order valence-electron chi connectivity index (χ1n) is 6.92. The number of benzene rings is 1. The van der Waals surface area contributed by atoms with Crippen molar-refractivity contribution < 1.29 is 33.3 Å². The Kier molecular flexibility index (Phi) is 8.00. The van der Waals surface area contributed by atoms with Crippen molar-refractivity contribution in [2.24, 2.45) is 0 Å². The highest BCUT2D eigenvalue weighted by Crippen LogP contribution is 2.22. The standard InChI is InChI=1S/C15H20FNO6/c1-21-7-8-23-6-5-13(18)17-14(15(19)20)10-3-4-12(22-2)11(16)9-10/h3-4,9,14H,5-8H2,1-2H3,(H,17,18)(H,19,20). The topological polar surface area (TPSA) is 94.1 Å². The number of carbonyl (C=O) groups is 2. The summed E-state index contributed by atoms with van der Waals surface area (Å²) in [5.41, 5.74) is 0.115. The van der Waals surface area contributed by atoms with E-state index < -0.39 is 23.7 Å². The van der Waals surface area contributed by atoms with Crippen molar-refractivity contribution >= 4 is 11.9 Å². The van der Waals surface area contributed by atoms with E-state index in [9.17, 15) is 19.1 Å². The lowest BCUT2D eigenvalue weighted by molar-refractivity contribution is -0.142. The van der Waals surface area contributed by atoms with Crippen molar-refractivity contribution in [1.82, 2.24) is 5.32 Å². The number of carboxylic acid groups (broad SMARTS) is 1. The molecule has 0 saturated carbocycles. The molecule has 7 nitrogen and oxygen atoms in total. The summed E-state index contributed by atoms with van der Waals surface area (Å²) >= 11 is 0. The number of halogens is 1. The summed E-state index contributed by atoms with van der Waals surface area (Å²) in [7, 11) is 2.83. The van der Waals surface area contributed by atoms with Gasteiger partial charge in [-0.1, -0.05) is 6.07 Å². The van der Waals surface area contributed by atoms with E-state index in [1.807, 2.05) is 0 Å². The largest absolute Gasteiger partial charge is 0.494 e. The second-order valence-corrected chi connectivity index (χ2v) is 4.59. The molecule has 1 aromatic rings. The SMILES string of the molecule is COCCOCCC(=O)NC(C(=O)O)c1ccc(OC)c(F)c1. The van der Waals surface area contributed by atoms with Gasteiger partial charge in [-0.25, -0.2) is 9.18 Å². The zero-order valence-corrected chi connectivity index (χ0v) is 13.0. The molecule has 0 aromatic heterocycles. The molecule has 0 aliphatic heterocycles. The lowest BCUT2D eigenvalue weighted by Gasteiger charge is -2.16. The number of nitrogens with one attached hydrogen (secondary N) is 1. The first-order valence-corrected chi connectivity index (χ1v) is 6.92. The molecule has 1 amide bonds. The van der Waals surface area contributed by atoms with Crippen molar-refractivity contribution in [1.29, 1.82) is 0 Å². The van der Waals surface area contributed by atoms with Crippen LogP contribution in [0.4, 0.5) is 4.39 Å². The van der Waals surface area contributed by atoms with E-state index >= 15 is 0 Å². The van der Waals surface area contributed by atoms with Gasteiger partial charge in [0.05, 0.1) is 26.9 Å². The quantitative estimate of drug-likeness (QED) is 0.625. The number of ether oxygens (including phenoxy) is 3. The zero-order valence-electron chi connectivity index (χ0n) is 13.0. The molecule has 0 radical (unpaired) electrons. The van der Waals surface area contributed by atoms with E-state index in [1.165, 1.54) is 26.4 Å². The molecule has 0 aliphatic rings. The van der Waals surface area contributed by atoms with Gasteiger partial charge in [-0.15, -0.1) is 0 Å². The predicted molar refractivity (Wildman–Crippen MR) is 78.8 cm³/mol.